The number of hydrogen-bond donors (Lipinski definition) is 2. The van der Waals surface area contributed by atoms with E-state index in [1.54, 1.807) is 12.1 Å². The van der Waals surface area contributed by atoms with Gasteiger partial charge in [-0.05, 0) is 87.7 Å². The Hall–Kier alpha value is -1.67. The number of anilines is 1. The quantitative estimate of drug-likeness (QED) is 0.351. The number of aromatic hydroxyl groups is 1. The largest absolute Gasteiger partial charge is 0.506 e. The second-order valence-electron chi connectivity index (χ2n) is 4.46. The highest BCUT2D eigenvalue weighted by Crippen LogP contribution is 2.28. The Labute approximate surface area is 159 Å². The molecule has 1 amide bonds. The van der Waals surface area contributed by atoms with E-state index in [0.717, 1.165) is 3.57 Å². The van der Waals surface area contributed by atoms with E-state index in [0.29, 0.717) is 14.8 Å². The summed E-state index contributed by atoms with van der Waals surface area (Å²) in [5, 5.41) is 21.7. The predicted molar refractivity (Wildman–Crippen MR) is 102 cm³/mol. The van der Waals surface area contributed by atoms with Gasteiger partial charge in [0.2, 0.25) is 0 Å². The lowest BCUT2D eigenvalue weighted by Gasteiger charge is -2.06. The average molecular weight is 534 g/mol. The van der Waals surface area contributed by atoms with Crippen molar-refractivity contribution in [3.63, 3.8) is 0 Å². The minimum Gasteiger partial charge on any atom is -0.506 e. The Morgan fingerprint density at radius 2 is 1.91 bits per heavy atom. The van der Waals surface area contributed by atoms with Crippen molar-refractivity contribution in [1.29, 1.82) is 5.26 Å². The van der Waals surface area contributed by atoms with Crippen LogP contribution in [-0.4, -0.2) is 11.0 Å². The molecule has 0 unspecified atom stereocenters. The van der Waals surface area contributed by atoms with Crippen LogP contribution in [0.4, 0.5) is 10.1 Å². The normalized spacial score (nSPS) is 11.0. The van der Waals surface area contributed by atoms with Crippen LogP contribution in [-0.2, 0) is 4.79 Å². The highest BCUT2D eigenvalue weighted by Gasteiger charge is 2.12. The lowest BCUT2D eigenvalue weighted by molar-refractivity contribution is -0.112. The maximum atomic E-state index is 12.9. The first-order chi connectivity index (χ1) is 10.9. The van der Waals surface area contributed by atoms with Crippen LogP contribution >= 0.6 is 45.2 Å². The van der Waals surface area contributed by atoms with Crippen LogP contribution in [0.2, 0.25) is 0 Å². The number of nitrogens with one attached hydrogen (secondary N) is 1. The van der Waals surface area contributed by atoms with Gasteiger partial charge in [-0.3, -0.25) is 4.79 Å². The number of nitriles is 1. The first-order valence-electron chi connectivity index (χ1n) is 6.27. The number of phenols is 1. The summed E-state index contributed by atoms with van der Waals surface area (Å²) in [7, 11) is 0. The van der Waals surface area contributed by atoms with Crippen LogP contribution < -0.4 is 5.32 Å². The zero-order valence-electron chi connectivity index (χ0n) is 11.5. The zero-order chi connectivity index (χ0) is 17.0. The monoisotopic (exact) mass is 534 g/mol. The molecular formula is C16H9FI2N2O2. The summed E-state index contributed by atoms with van der Waals surface area (Å²) >= 11 is 4.05. The molecule has 0 saturated carbocycles. The van der Waals surface area contributed by atoms with Crippen molar-refractivity contribution in [3.8, 4) is 11.8 Å². The van der Waals surface area contributed by atoms with Gasteiger partial charge < -0.3 is 10.4 Å². The number of nitrogens with zero attached hydrogens (tertiary/aromatic N) is 1. The maximum Gasteiger partial charge on any atom is 0.266 e. The van der Waals surface area contributed by atoms with Gasteiger partial charge in [0.25, 0.3) is 5.91 Å². The number of phenolic OH excluding ortho intramolecular Hbond substituents is 1. The molecule has 0 aliphatic heterocycles. The van der Waals surface area contributed by atoms with Crippen LogP contribution in [0.25, 0.3) is 6.08 Å². The van der Waals surface area contributed by atoms with Crippen LogP contribution in [0.1, 0.15) is 5.56 Å². The number of carbonyl (C=O) groups is 1. The summed E-state index contributed by atoms with van der Waals surface area (Å²) in [5.74, 6) is -1.04. The Bertz CT molecular complexity index is 827. The Morgan fingerprint density at radius 1 is 1.26 bits per heavy atom. The van der Waals surface area contributed by atoms with Gasteiger partial charge >= 0.3 is 0 Å². The number of benzene rings is 2. The number of carbonyl (C=O) groups excluding carboxylic acids is 1. The van der Waals surface area contributed by atoms with Crippen molar-refractivity contribution in [1.82, 2.24) is 0 Å². The summed E-state index contributed by atoms with van der Waals surface area (Å²) in [6, 6.07) is 10.5. The van der Waals surface area contributed by atoms with Crippen molar-refractivity contribution >= 4 is 62.9 Å². The lowest BCUT2D eigenvalue weighted by Crippen LogP contribution is -2.13. The fourth-order valence-corrected chi connectivity index (χ4v) is 3.62. The standard InChI is InChI=1S/C16H9FI2N2O2/c17-11-1-3-13(4-2-11)21-16(23)10(8-20)5-9-6-12(18)7-14(19)15(9)22/h1-7,22H,(H,21,23)/b10-5-. The molecule has 2 rings (SSSR count). The van der Waals surface area contributed by atoms with Gasteiger partial charge in [-0.2, -0.15) is 5.26 Å². The average Bonchev–Trinajstić information content (AvgIpc) is 2.51. The predicted octanol–water partition coefficient (Wildman–Crippen LogP) is 4.29. The molecule has 0 atom stereocenters. The summed E-state index contributed by atoms with van der Waals surface area (Å²) in [4.78, 5) is 12.1. The second kappa shape index (κ2) is 7.74. The smallest absolute Gasteiger partial charge is 0.266 e. The first-order valence-corrected chi connectivity index (χ1v) is 8.43. The fourth-order valence-electron chi connectivity index (χ4n) is 1.73. The molecule has 2 N–H and O–H groups in total. The Morgan fingerprint density at radius 3 is 2.52 bits per heavy atom. The molecule has 116 valence electrons. The summed E-state index contributed by atoms with van der Waals surface area (Å²) in [6.45, 7) is 0. The number of rotatable bonds is 3. The van der Waals surface area contributed by atoms with Crippen molar-refractivity contribution in [2.24, 2.45) is 0 Å². The van der Waals surface area contributed by atoms with Gasteiger partial charge in [-0.15, -0.1) is 0 Å². The van der Waals surface area contributed by atoms with Gasteiger partial charge in [-0.25, -0.2) is 4.39 Å². The molecule has 0 radical (unpaired) electrons. The molecule has 23 heavy (non-hydrogen) atoms. The van der Waals surface area contributed by atoms with Crippen LogP contribution in [0.5, 0.6) is 5.75 Å². The van der Waals surface area contributed by atoms with E-state index in [1.165, 1.54) is 30.3 Å². The van der Waals surface area contributed by atoms with Gasteiger partial charge in [0, 0.05) is 14.8 Å². The van der Waals surface area contributed by atoms with Crippen LogP contribution in [0.15, 0.2) is 42.0 Å². The maximum absolute atomic E-state index is 12.9. The van der Waals surface area contributed by atoms with E-state index < -0.39 is 11.7 Å². The third-order valence-electron chi connectivity index (χ3n) is 2.82. The molecule has 0 saturated heterocycles. The van der Waals surface area contributed by atoms with E-state index in [9.17, 15) is 19.6 Å². The first kappa shape index (κ1) is 17.7. The third-order valence-corrected chi connectivity index (χ3v) is 4.27. The fraction of sp³-hybridized carbons (Fsp3) is 0. The topological polar surface area (TPSA) is 73.1 Å². The molecule has 0 aliphatic rings. The molecule has 0 heterocycles. The van der Waals surface area contributed by atoms with E-state index in [2.05, 4.69) is 27.9 Å². The van der Waals surface area contributed by atoms with E-state index in [1.807, 2.05) is 28.7 Å². The summed E-state index contributed by atoms with van der Waals surface area (Å²) < 4.78 is 14.3. The molecule has 7 heteroatoms. The molecule has 0 bridgehead atoms. The van der Waals surface area contributed by atoms with Crippen LogP contribution in [0, 0.1) is 24.3 Å². The molecule has 2 aromatic carbocycles. The summed E-state index contributed by atoms with van der Waals surface area (Å²) in [6.07, 6.45) is 1.32. The molecule has 4 nitrogen and oxygen atoms in total. The third kappa shape index (κ3) is 4.65. The van der Waals surface area contributed by atoms with Gasteiger partial charge in [0.1, 0.15) is 23.2 Å². The molecule has 0 fully saturated rings. The van der Waals surface area contributed by atoms with Crippen molar-refractivity contribution < 1.29 is 14.3 Å². The molecule has 0 aromatic heterocycles. The minimum absolute atomic E-state index is 0.00773. The van der Waals surface area contributed by atoms with Gasteiger partial charge in [0.15, 0.2) is 0 Å². The highest BCUT2D eigenvalue weighted by molar-refractivity contribution is 14.1. The molecule has 0 spiro atoms. The van der Waals surface area contributed by atoms with Gasteiger partial charge in [0.05, 0.1) is 3.57 Å². The zero-order valence-corrected chi connectivity index (χ0v) is 15.8. The van der Waals surface area contributed by atoms with E-state index in [-0.39, 0.29) is 11.3 Å². The van der Waals surface area contributed by atoms with Gasteiger partial charge in [-0.1, -0.05) is 0 Å². The second-order valence-corrected chi connectivity index (χ2v) is 6.86. The number of amides is 1. The lowest BCUT2D eigenvalue weighted by atomic mass is 10.1. The number of hydrogen-bond acceptors (Lipinski definition) is 3. The molecular weight excluding hydrogens is 525 g/mol. The van der Waals surface area contributed by atoms with Crippen LogP contribution in [0.3, 0.4) is 0 Å². The number of halogens is 3. The molecule has 2 aromatic rings. The molecule has 0 aliphatic carbocycles. The van der Waals surface area contributed by atoms with Crippen molar-refractivity contribution in [2.45, 2.75) is 0 Å². The van der Waals surface area contributed by atoms with Crippen molar-refractivity contribution in [3.05, 3.63) is 60.5 Å². The minimum atomic E-state index is -0.632. The highest BCUT2D eigenvalue weighted by atomic mass is 127. The Kier molecular flexibility index (Phi) is 5.95. The SMILES string of the molecule is N#C/C(=C/c1cc(I)cc(I)c1O)C(=O)Nc1ccc(F)cc1. The summed E-state index contributed by atoms with van der Waals surface area (Å²) in [5.41, 5.74) is 0.591. The van der Waals surface area contributed by atoms with E-state index >= 15 is 0 Å². The van der Waals surface area contributed by atoms with Crippen molar-refractivity contribution in [2.75, 3.05) is 5.32 Å². The van der Waals surface area contributed by atoms with E-state index in [4.69, 9.17) is 0 Å². The Balaban J connectivity index is 2.30.